The van der Waals surface area contributed by atoms with Gasteiger partial charge in [0.15, 0.2) is 0 Å². The third kappa shape index (κ3) is 3.98. The lowest BCUT2D eigenvalue weighted by atomic mass is 9.90. The van der Waals surface area contributed by atoms with Gasteiger partial charge in [0.05, 0.1) is 12.6 Å². The SMILES string of the molecule is C=CN1CC(c2ccc(C)cc2)CC1/C=N\C1=CC(OCC23CC2(C=O)C3)=C(CC)CC1C. The predicted molar refractivity (Wildman–Crippen MR) is 133 cm³/mol. The van der Waals surface area contributed by atoms with Crippen LogP contribution in [0, 0.1) is 23.7 Å². The Kier molecular flexibility index (Phi) is 5.58. The minimum Gasteiger partial charge on any atom is -0.493 e. The van der Waals surface area contributed by atoms with Gasteiger partial charge in [0.25, 0.3) is 0 Å². The zero-order chi connectivity index (χ0) is 23.2. The van der Waals surface area contributed by atoms with E-state index < -0.39 is 0 Å². The number of hydrogen-bond donors (Lipinski definition) is 0. The lowest BCUT2D eigenvalue weighted by molar-refractivity contribution is -0.110. The highest BCUT2D eigenvalue weighted by molar-refractivity contribution is 5.74. The van der Waals surface area contributed by atoms with Gasteiger partial charge in [0.1, 0.15) is 12.0 Å². The molecule has 3 atom stereocenters. The summed E-state index contributed by atoms with van der Waals surface area (Å²) in [6.45, 7) is 12.3. The molecule has 4 nitrogen and oxygen atoms in total. The quantitative estimate of drug-likeness (QED) is 0.349. The summed E-state index contributed by atoms with van der Waals surface area (Å²) in [5.74, 6) is 1.86. The molecule has 174 valence electrons. The molecule has 4 aliphatic rings. The van der Waals surface area contributed by atoms with Crippen molar-refractivity contribution in [3.63, 3.8) is 0 Å². The van der Waals surface area contributed by atoms with Gasteiger partial charge in [-0.2, -0.15) is 0 Å². The number of aryl methyl sites for hydroxylation is 1. The van der Waals surface area contributed by atoms with E-state index in [0.29, 0.717) is 18.4 Å². The maximum absolute atomic E-state index is 11.3. The average Bonchev–Trinajstić information content (AvgIpc) is 3.57. The molecule has 33 heavy (non-hydrogen) atoms. The van der Waals surface area contributed by atoms with Crippen molar-refractivity contribution in [3.05, 3.63) is 71.3 Å². The Morgan fingerprint density at radius 3 is 2.67 bits per heavy atom. The Labute approximate surface area is 198 Å². The molecule has 1 heterocycles. The van der Waals surface area contributed by atoms with Crippen LogP contribution in [0.3, 0.4) is 0 Å². The number of carbonyl (C=O) groups excluding carboxylic acids is 1. The summed E-state index contributed by atoms with van der Waals surface area (Å²) in [5.41, 5.74) is 5.24. The normalized spacial score (nSPS) is 34.8. The molecule has 3 aliphatic carbocycles. The standard InChI is InChI=1S/C29H36N2O2/c1-5-22-11-21(4)26(13-27(22)33-19-29-16-28(29,17-29)18-32)30-14-25-12-24(15-31(25)6-2)23-9-7-20(3)8-10-23/h6-10,13-14,18,21,24-25H,2,5,11-12,15-17,19H2,1,3-4H3/b30-14-. The van der Waals surface area contributed by atoms with E-state index >= 15 is 0 Å². The van der Waals surface area contributed by atoms with Crippen molar-refractivity contribution in [1.29, 1.82) is 0 Å². The molecule has 1 saturated heterocycles. The number of ether oxygens (including phenoxy) is 1. The fourth-order valence-corrected chi connectivity index (χ4v) is 5.82. The van der Waals surface area contributed by atoms with Crippen LogP contribution in [0.1, 0.15) is 63.0 Å². The first-order valence-corrected chi connectivity index (χ1v) is 12.4. The minimum absolute atomic E-state index is 0.0444. The van der Waals surface area contributed by atoms with Crippen molar-refractivity contribution in [2.24, 2.45) is 21.7 Å². The first kappa shape index (κ1) is 22.2. The topological polar surface area (TPSA) is 41.9 Å². The molecule has 0 spiro atoms. The van der Waals surface area contributed by atoms with Crippen LogP contribution in [0.5, 0.6) is 0 Å². The highest BCUT2D eigenvalue weighted by Crippen LogP contribution is 2.85. The molecule has 3 fully saturated rings. The fourth-order valence-electron chi connectivity index (χ4n) is 5.82. The van der Waals surface area contributed by atoms with Crippen LogP contribution in [0.25, 0.3) is 0 Å². The van der Waals surface area contributed by atoms with Gasteiger partial charge >= 0.3 is 0 Å². The predicted octanol–water partition coefficient (Wildman–Crippen LogP) is 5.95. The largest absolute Gasteiger partial charge is 0.493 e. The van der Waals surface area contributed by atoms with E-state index in [-0.39, 0.29) is 16.9 Å². The van der Waals surface area contributed by atoms with E-state index in [1.165, 1.54) is 16.7 Å². The van der Waals surface area contributed by atoms with E-state index in [0.717, 1.165) is 56.4 Å². The van der Waals surface area contributed by atoms with Gasteiger partial charge in [0, 0.05) is 47.2 Å². The Hall–Kier alpha value is -2.62. The number of benzene rings is 1. The van der Waals surface area contributed by atoms with Crippen LogP contribution < -0.4 is 0 Å². The smallest absolute Gasteiger partial charge is 0.126 e. The number of aldehydes is 1. The van der Waals surface area contributed by atoms with Gasteiger partial charge in [-0.05, 0) is 56.4 Å². The fraction of sp³-hybridized carbons (Fsp3) is 0.517. The number of nitrogens with zero attached hydrogens (tertiary/aromatic N) is 2. The Morgan fingerprint density at radius 1 is 1.27 bits per heavy atom. The third-order valence-electron chi connectivity index (χ3n) is 8.52. The molecule has 0 bridgehead atoms. The van der Waals surface area contributed by atoms with Crippen LogP contribution in [-0.2, 0) is 9.53 Å². The zero-order valence-corrected chi connectivity index (χ0v) is 20.2. The molecule has 3 unspecified atom stereocenters. The molecule has 1 aromatic carbocycles. The number of likely N-dealkylation sites (tertiary alicyclic amines) is 1. The van der Waals surface area contributed by atoms with Crippen molar-refractivity contribution in [2.45, 2.75) is 64.8 Å². The average molecular weight is 445 g/mol. The van der Waals surface area contributed by atoms with Crippen LogP contribution in [-0.4, -0.2) is 36.6 Å². The summed E-state index contributed by atoms with van der Waals surface area (Å²) in [5, 5.41) is 0. The number of aliphatic imine (C=N–C) groups is 1. The molecule has 4 heteroatoms. The lowest BCUT2D eigenvalue weighted by Gasteiger charge is -2.24. The highest BCUT2D eigenvalue weighted by atomic mass is 16.5. The van der Waals surface area contributed by atoms with E-state index in [9.17, 15) is 4.79 Å². The van der Waals surface area contributed by atoms with Gasteiger partial charge in [-0.25, -0.2) is 0 Å². The van der Waals surface area contributed by atoms with Gasteiger partial charge in [-0.1, -0.05) is 50.3 Å². The molecule has 0 N–H and O–H groups in total. The number of rotatable bonds is 9. The van der Waals surface area contributed by atoms with E-state index in [4.69, 9.17) is 9.73 Å². The first-order chi connectivity index (χ1) is 15.9. The van der Waals surface area contributed by atoms with Crippen LogP contribution >= 0.6 is 0 Å². The Morgan fingerprint density at radius 2 is 2.03 bits per heavy atom. The van der Waals surface area contributed by atoms with Crippen LogP contribution in [0.15, 0.2) is 65.1 Å². The maximum Gasteiger partial charge on any atom is 0.126 e. The maximum atomic E-state index is 11.3. The second-order valence-electron chi connectivity index (χ2n) is 10.8. The zero-order valence-electron chi connectivity index (χ0n) is 20.2. The van der Waals surface area contributed by atoms with Gasteiger partial charge in [0.2, 0.25) is 0 Å². The molecule has 0 amide bonds. The molecule has 5 rings (SSSR count). The Bertz CT molecular complexity index is 1030. The van der Waals surface area contributed by atoms with Crippen molar-refractivity contribution in [1.82, 2.24) is 4.90 Å². The Balaban J connectivity index is 1.28. The monoisotopic (exact) mass is 444 g/mol. The summed E-state index contributed by atoms with van der Waals surface area (Å²) in [4.78, 5) is 18.6. The molecule has 2 saturated carbocycles. The second-order valence-corrected chi connectivity index (χ2v) is 10.8. The van der Waals surface area contributed by atoms with Crippen molar-refractivity contribution >= 4 is 12.5 Å². The minimum atomic E-state index is -0.0444. The number of allylic oxidation sites excluding steroid dienone is 3. The summed E-state index contributed by atoms with van der Waals surface area (Å²) in [7, 11) is 0. The summed E-state index contributed by atoms with van der Waals surface area (Å²) < 4.78 is 6.30. The second kappa shape index (κ2) is 8.30. The number of carbonyl (C=O) groups is 1. The van der Waals surface area contributed by atoms with Crippen LogP contribution in [0.4, 0.5) is 0 Å². The molecule has 1 aliphatic heterocycles. The lowest BCUT2D eigenvalue weighted by Crippen LogP contribution is -2.25. The van der Waals surface area contributed by atoms with Crippen molar-refractivity contribution < 1.29 is 9.53 Å². The molecular weight excluding hydrogens is 408 g/mol. The summed E-state index contributed by atoms with van der Waals surface area (Å²) >= 11 is 0. The number of hydrogen-bond acceptors (Lipinski definition) is 4. The molecule has 0 aromatic heterocycles. The van der Waals surface area contributed by atoms with E-state index in [1.54, 1.807) is 0 Å². The molecule has 1 aromatic rings. The summed E-state index contributed by atoms with van der Waals surface area (Å²) in [6.07, 6.45) is 12.4. The van der Waals surface area contributed by atoms with Crippen molar-refractivity contribution in [2.75, 3.05) is 13.2 Å². The third-order valence-corrected chi connectivity index (χ3v) is 8.52. The van der Waals surface area contributed by atoms with Gasteiger partial charge in [-0.3, -0.25) is 4.99 Å². The summed E-state index contributed by atoms with van der Waals surface area (Å²) in [6, 6.07) is 9.17. The number of fused-ring (bicyclic) bond motifs is 1. The van der Waals surface area contributed by atoms with E-state index in [2.05, 4.69) is 68.8 Å². The van der Waals surface area contributed by atoms with Crippen molar-refractivity contribution in [3.8, 4) is 0 Å². The van der Waals surface area contributed by atoms with E-state index in [1.807, 2.05) is 6.20 Å². The first-order valence-electron chi connectivity index (χ1n) is 12.4. The van der Waals surface area contributed by atoms with Crippen LogP contribution in [0.2, 0.25) is 0 Å². The molecular formula is C29H36N2O2. The van der Waals surface area contributed by atoms with Gasteiger partial charge < -0.3 is 14.4 Å². The highest BCUT2D eigenvalue weighted by Gasteiger charge is 2.83. The van der Waals surface area contributed by atoms with Gasteiger partial charge in [-0.15, -0.1) is 0 Å². The molecule has 0 radical (unpaired) electrons.